The molecule has 0 heterocycles. The van der Waals surface area contributed by atoms with E-state index in [1.54, 1.807) is 12.1 Å². The van der Waals surface area contributed by atoms with Crippen LogP contribution in [0.4, 0.5) is 4.39 Å². The molecule has 0 atom stereocenters. The van der Waals surface area contributed by atoms with E-state index in [9.17, 15) is 9.18 Å². The molecule has 0 aliphatic heterocycles. The van der Waals surface area contributed by atoms with Crippen LogP contribution >= 0.6 is 15.9 Å². The van der Waals surface area contributed by atoms with Crippen molar-refractivity contribution in [2.75, 3.05) is 0 Å². The fourth-order valence-electron chi connectivity index (χ4n) is 1.79. The van der Waals surface area contributed by atoms with Crippen LogP contribution in [0.15, 0.2) is 53.0 Å². The summed E-state index contributed by atoms with van der Waals surface area (Å²) in [5.74, 6) is -0.228. The lowest BCUT2D eigenvalue weighted by atomic mass is 10.0. The van der Waals surface area contributed by atoms with E-state index in [2.05, 4.69) is 15.9 Å². The van der Waals surface area contributed by atoms with Crippen LogP contribution < -0.4 is 0 Å². The van der Waals surface area contributed by atoms with Gasteiger partial charge in [0.05, 0.1) is 0 Å². The molecule has 92 valence electrons. The second-order valence-electron chi connectivity index (χ2n) is 4.11. The number of carbonyl (C=O) groups excluding carboxylic acids is 1. The fraction of sp³-hybridized carbons (Fsp3) is 0.133. The van der Waals surface area contributed by atoms with Crippen molar-refractivity contribution in [1.82, 2.24) is 0 Å². The maximum Gasteiger partial charge on any atom is 0.141 e. The van der Waals surface area contributed by atoms with Crippen molar-refractivity contribution in [3.05, 3.63) is 69.9 Å². The number of hydrogen-bond acceptors (Lipinski definition) is 1. The van der Waals surface area contributed by atoms with Gasteiger partial charge in [0.1, 0.15) is 11.6 Å². The summed E-state index contributed by atoms with van der Waals surface area (Å²) in [5, 5.41) is 0. The van der Waals surface area contributed by atoms with Gasteiger partial charge in [-0.25, -0.2) is 4.39 Å². The Kier molecular flexibility index (Phi) is 4.26. The summed E-state index contributed by atoms with van der Waals surface area (Å²) in [4.78, 5) is 11.9. The molecule has 0 aromatic heterocycles. The smallest absolute Gasteiger partial charge is 0.141 e. The highest BCUT2D eigenvalue weighted by atomic mass is 79.9. The third kappa shape index (κ3) is 3.50. The van der Waals surface area contributed by atoms with Gasteiger partial charge in [-0.15, -0.1) is 0 Å². The molecule has 0 N–H and O–H groups in total. The average Bonchev–Trinajstić information content (AvgIpc) is 2.32. The molecular weight excluding hydrogens is 295 g/mol. The quantitative estimate of drug-likeness (QED) is 0.836. The number of rotatable bonds is 4. The van der Waals surface area contributed by atoms with Crippen LogP contribution in [0.3, 0.4) is 0 Å². The lowest BCUT2D eigenvalue weighted by molar-refractivity contribution is -0.117. The Bertz CT molecular complexity index is 566. The van der Waals surface area contributed by atoms with E-state index in [0.717, 1.165) is 10.0 Å². The average molecular weight is 307 g/mol. The summed E-state index contributed by atoms with van der Waals surface area (Å²) in [5.41, 5.74) is 1.67. The number of ketones is 1. The molecule has 0 aliphatic carbocycles. The Morgan fingerprint density at radius 3 is 2.56 bits per heavy atom. The zero-order valence-electron chi connectivity index (χ0n) is 9.70. The summed E-state index contributed by atoms with van der Waals surface area (Å²) in [6.07, 6.45) is 0.622. The minimum atomic E-state index is -0.304. The van der Waals surface area contributed by atoms with Gasteiger partial charge >= 0.3 is 0 Å². The van der Waals surface area contributed by atoms with Crippen LogP contribution in [0, 0.1) is 5.82 Å². The summed E-state index contributed by atoms with van der Waals surface area (Å²) in [6.45, 7) is 0. The number of hydrogen-bond donors (Lipinski definition) is 0. The predicted molar refractivity (Wildman–Crippen MR) is 73.0 cm³/mol. The van der Waals surface area contributed by atoms with Crippen molar-refractivity contribution >= 4 is 21.7 Å². The second kappa shape index (κ2) is 5.91. The molecule has 0 saturated carbocycles. The predicted octanol–water partition coefficient (Wildman–Crippen LogP) is 3.94. The molecule has 0 fully saturated rings. The van der Waals surface area contributed by atoms with Crippen molar-refractivity contribution in [1.29, 1.82) is 0 Å². The summed E-state index contributed by atoms with van der Waals surface area (Å²) >= 11 is 3.41. The minimum absolute atomic E-state index is 0.0764. The topological polar surface area (TPSA) is 17.1 Å². The molecule has 0 bridgehead atoms. The molecule has 2 rings (SSSR count). The highest BCUT2D eigenvalue weighted by Gasteiger charge is 2.08. The van der Waals surface area contributed by atoms with Gasteiger partial charge in [0.2, 0.25) is 0 Å². The van der Waals surface area contributed by atoms with Crippen LogP contribution in [-0.4, -0.2) is 5.78 Å². The maximum atomic E-state index is 13.0. The standard InChI is InChI=1S/C15H12BrFO/c16-15-7-2-1-5-12(15)10-14(18)9-11-4-3-6-13(17)8-11/h1-8H,9-10H2. The first-order chi connectivity index (χ1) is 8.65. The Morgan fingerprint density at radius 2 is 1.83 bits per heavy atom. The SMILES string of the molecule is O=C(Cc1cccc(F)c1)Cc1ccccc1Br. The van der Waals surface area contributed by atoms with Crippen LogP contribution in [0.5, 0.6) is 0 Å². The van der Waals surface area contributed by atoms with Gasteiger partial charge in [-0.05, 0) is 29.3 Å². The molecule has 2 aromatic rings. The first-order valence-electron chi connectivity index (χ1n) is 5.65. The van der Waals surface area contributed by atoms with Gasteiger partial charge in [0.15, 0.2) is 0 Å². The highest BCUT2D eigenvalue weighted by Crippen LogP contribution is 2.17. The fourth-order valence-corrected chi connectivity index (χ4v) is 2.22. The lowest BCUT2D eigenvalue weighted by Gasteiger charge is -2.04. The van der Waals surface area contributed by atoms with Crippen molar-refractivity contribution in [3.8, 4) is 0 Å². The van der Waals surface area contributed by atoms with Crippen LogP contribution in [-0.2, 0) is 17.6 Å². The van der Waals surface area contributed by atoms with Crippen molar-refractivity contribution < 1.29 is 9.18 Å². The third-order valence-corrected chi connectivity index (χ3v) is 3.41. The van der Waals surface area contributed by atoms with Crippen LogP contribution in [0.25, 0.3) is 0 Å². The molecule has 3 heteroatoms. The maximum absolute atomic E-state index is 13.0. The molecule has 0 spiro atoms. The summed E-state index contributed by atoms with van der Waals surface area (Å²) in [6, 6.07) is 13.8. The van der Waals surface area contributed by atoms with E-state index in [-0.39, 0.29) is 18.0 Å². The number of carbonyl (C=O) groups is 1. The summed E-state index contributed by atoms with van der Waals surface area (Å²) in [7, 11) is 0. The molecule has 1 nitrogen and oxygen atoms in total. The second-order valence-corrected chi connectivity index (χ2v) is 4.97. The molecule has 2 aromatic carbocycles. The molecule has 0 amide bonds. The molecule has 0 aliphatic rings. The zero-order valence-corrected chi connectivity index (χ0v) is 11.3. The summed E-state index contributed by atoms with van der Waals surface area (Å²) < 4.78 is 13.9. The molecule has 0 radical (unpaired) electrons. The first kappa shape index (κ1) is 13.0. The highest BCUT2D eigenvalue weighted by molar-refractivity contribution is 9.10. The number of halogens is 2. The normalized spacial score (nSPS) is 10.3. The Labute approximate surface area is 114 Å². The van der Waals surface area contributed by atoms with E-state index in [1.807, 2.05) is 24.3 Å². The first-order valence-corrected chi connectivity index (χ1v) is 6.44. The van der Waals surface area contributed by atoms with Crippen molar-refractivity contribution in [2.24, 2.45) is 0 Å². The largest absolute Gasteiger partial charge is 0.299 e. The van der Waals surface area contributed by atoms with E-state index in [0.29, 0.717) is 12.0 Å². The zero-order chi connectivity index (χ0) is 13.0. The van der Waals surface area contributed by atoms with Crippen molar-refractivity contribution in [2.45, 2.75) is 12.8 Å². The van der Waals surface area contributed by atoms with Gasteiger partial charge < -0.3 is 0 Å². The van der Waals surface area contributed by atoms with E-state index in [4.69, 9.17) is 0 Å². The van der Waals surface area contributed by atoms with Gasteiger partial charge in [-0.1, -0.05) is 46.3 Å². The monoisotopic (exact) mass is 306 g/mol. The minimum Gasteiger partial charge on any atom is -0.299 e. The molecule has 0 unspecified atom stereocenters. The van der Waals surface area contributed by atoms with Crippen LogP contribution in [0.1, 0.15) is 11.1 Å². The van der Waals surface area contributed by atoms with E-state index < -0.39 is 0 Å². The Hall–Kier alpha value is -1.48. The molecular formula is C15H12BrFO. The number of benzene rings is 2. The van der Waals surface area contributed by atoms with Crippen molar-refractivity contribution in [3.63, 3.8) is 0 Å². The van der Waals surface area contributed by atoms with Gasteiger partial charge in [-0.3, -0.25) is 4.79 Å². The van der Waals surface area contributed by atoms with E-state index >= 15 is 0 Å². The van der Waals surface area contributed by atoms with Gasteiger partial charge in [0.25, 0.3) is 0 Å². The Balaban J connectivity index is 2.03. The number of Topliss-reactive ketones (excluding diaryl/α,β-unsaturated/α-hetero) is 1. The molecule has 0 saturated heterocycles. The molecule has 18 heavy (non-hydrogen) atoms. The van der Waals surface area contributed by atoms with E-state index in [1.165, 1.54) is 12.1 Å². The van der Waals surface area contributed by atoms with Gasteiger partial charge in [0, 0.05) is 17.3 Å². The van der Waals surface area contributed by atoms with Gasteiger partial charge in [-0.2, -0.15) is 0 Å². The Morgan fingerprint density at radius 1 is 1.06 bits per heavy atom. The van der Waals surface area contributed by atoms with Crippen LogP contribution in [0.2, 0.25) is 0 Å². The third-order valence-electron chi connectivity index (χ3n) is 2.64. The lowest BCUT2D eigenvalue weighted by Crippen LogP contribution is -2.07.